The van der Waals surface area contributed by atoms with Crippen LogP contribution in [0.2, 0.25) is 0 Å². The lowest BCUT2D eigenvalue weighted by Crippen LogP contribution is -2.45. The Hall–Kier alpha value is -0.990. The van der Waals surface area contributed by atoms with Crippen molar-refractivity contribution in [3.8, 4) is 0 Å². The lowest BCUT2D eigenvalue weighted by Gasteiger charge is -2.31. The van der Waals surface area contributed by atoms with E-state index in [0.29, 0.717) is 6.54 Å². The maximum Gasteiger partial charge on any atom is 0.320 e. The van der Waals surface area contributed by atoms with E-state index in [1.165, 1.54) is 6.42 Å². The van der Waals surface area contributed by atoms with Crippen molar-refractivity contribution in [2.45, 2.75) is 26.2 Å². The molecule has 1 heterocycles. The third-order valence-electron chi connectivity index (χ3n) is 2.63. The molecule has 0 radical (unpaired) electrons. The van der Waals surface area contributed by atoms with Crippen molar-refractivity contribution in [2.75, 3.05) is 26.2 Å². The molecular weight excluding hydrogens is 176 g/mol. The minimum absolute atomic E-state index is 0.173. The number of carbonyl (C=O) groups is 1. The van der Waals surface area contributed by atoms with E-state index in [1.807, 2.05) is 16.7 Å². The molecule has 80 valence electrons. The molecule has 0 saturated carbocycles. The van der Waals surface area contributed by atoms with Crippen molar-refractivity contribution in [2.24, 2.45) is 0 Å². The Bertz CT molecular complexity index is 197. The van der Waals surface area contributed by atoms with E-state index in [9.17, 15) is 4.79 Å². The van der Waals surface area contributed by atoms with Crippen LogP contribution in [0.4, 0.5) is 4.79 Å². The average molecular weight is 196 g/mol. The molecule has 1 saturated heterocycles. The Kier molecular flexibility index (Phi) is 4.50. The lowest BCUT2D eigenvalue weighted by atomic mass is 10.1. The van der Waals surface area contributed by atoms with Crippen molar-refractivity contribution in [1.82, 2.24) is 9.80 Å². The van der Waals surface area contributed by atoms with Gasteiger partial charge in [-0.05, 0) is 26.2 Å². The van der Waals surface area contributed by atoms with Gasteiger partial charge < -0.3 is 9.80 Å². The van der Waals surface area contributed by atoms with Crippen molar-refractivity contribution in [1.29, 1.82) is 0 Å². The summed E-state index contributed by atoms with van der Waals surface area (Å²) in [6.45, 7) is 8.94. The fraction of sp³-hybridized carbons (Fsp3) is 0.727. The number of piperidine rings is 1. The third kappa shape index (κ3) is 2.76. The molecule has 0 aromatic rings. The van der Waals surface area contributed by atoms with E-state index < -0.39 is 0 Å². The topological polar surface area (TPSA) is 23.6 Å². The van der Waals surface area contributed by atoms with Gasteiger partial charge in [0, 0.05) is 26.2 Å². The minimum atomic E-state index is 0.173. The SMILES string of the molecule is C=CCN(CC)C(=O)N1CCCCC1. The summed E-state index contributed by atoms with van der Waals surface area (Å²) in [6, 6.07) is 0.173. The number of rotatable bonds is 3. The van der Waals surface area contributed by atoms with Crippen LogP contribution in [0, 0.1) is 0 Å². The molecule has 1 aliphatic rings. The minimum Gasteiger partial charge on any atom is -0.325 e. The quantitative estimate of drug-likeness (QED) is 0.634. The van der Waals surface area contributed by atoms with Crippen LogP contribution >= 0.6 is 0 Å². The molecule has 0 N–H and O–H groups in total. The Morgan fingerprint density at radius 1 is 1.43 bits per heavy atom. The van der Waals surface area contributed by atoms with Crippen LogP contribution in [0.1, 0.15) is 26.2 Å². The van der Waals surface area contributed by atoms with Crippen molar-refractivity contribution in [3.05, 3.63) is 12.7 Å². The first-order valence-electron chi connectivity index (χ1n) is 5.44. The van der Waals surface area contributed by atoms with E-state index in [-0.39, 0.29) is 6.03 Å². The Labute approximate surface area is 86.4 Å². The van der Waals surface area contributed by atoms with Gasteiger partial charge in [0.1, 0.15) is 0 Å². The van der Waals surface area contributed by atoms with Crippen LogP contribution in [0.5, 0.6) is 0 Å². The summed E-state index contributed by atoms with van der Waals surface area (Å²) in [5.74, 6) is 0. The monoisotopic (exact) mass is 196 g/mol. The number of hydrogen-bond acceptors (Lipinski definition) is 1. The van der Waals surface area contributed by atoms with Crippen LogP contribution in [-0.4, -0.2) is 42.0 Å². The van der Waals surface area contributed by atoms with Crippen molar-refractivity contribution >= 4 is 6.03 Å². The molecule has 3 nitrogen and oxygen atoms in total. The molecule has 0 aromatic heterocycles. The zero-order chi connectivity index (χ0) is 10.4. The highest BCUT2D eigenvalue weighted by molar-refractivity contribution is 5.74. The maximum absolute atomic E-state index is 11.9. The molecule has 0 atom stereocenters. The largest absolute Gasteiger partial charge is 0.325 e. The molecule has 2 amide bonds. The first kappa shape index (κ1) is 11.1. The van der Waals surface area contributed by atoms with Gasteiger partial charge in [0.05, 0.1) is 0 Å². The second-order valence-electron chi connectivity index (χ2n) is 3.66. The molecule has 0 bridgehead atoms. The van der Waals surface area contributed by atoms with E-state index in [4.69, 9.17) is 0 Å². The second kappa shape index (κ2) is 5.68. The number of amides is 2. The van der Waals surface area contributed by atoms with E-state index in [0.717, 1.165) is 32.5 Å². The highest BCUT2D eigenvalue weighted by atomic mass is 16.2. The van der Waals surface area contributed by atoms with Crippen LogP contribution in [-0.2, 0) is 0 Å². The summed E-state index contributed by atoms with van der Waals surface area (Å²) in [4.78, 5) is 15.7. The van der Waals surface area contributed by atoms with E-state index >= 15 is 0 Å². The van der Waals surface area contributed by atoms with Gasteiger partial charge in [-0.25, -0.2) is 4.79 Å². The zero-order valence-electron chi connectivity index (χ0n) is 9.04. The van der Waals surface area contributed by atoms with Gasteiger partial charge in [0.2, 0.25) is 0 Å². The third-order valence-corrected chi connectivity index (χ3v) is 2.63. The number of hydrogen-bond donors (Lipinski definition) is 0. The van der Waals surface area contributed by atoms with Gasteiger partial charge in [-0.3, -0.25) is 0 Å². The standard InChI is InChI=1S/C11H20N2O/c1-3-8-12(4-2)11(14)13-9-6-5-7-10-13/h3H,1,4-10H2,2H3. The zero-order valence-corrected chi connectivity index (χ0v) is 9.04. The van der Waals surface area contributed by atoms with E-state index in [2.05, 4.69) is 6.58 Å². The molecule has 3 heteroatoms. The second-order valence-corrected chi connectivity index (χ2v) is 3.66. The number of likely N-dealkylation sites (tertiary alicyclic amines) is 1. The number of nitrogens with zero attached hydrogens (tertiary/aromatic N) is 2. The van der Waals surface area contributed by atoms with Gasteiger partial charge in [-0.2, -0.15) is 0 Å². The molecule has 1 aliphatic heterocycles. The highest BCUT2D eigenvalue weighted by Crippen LogP contribution is 2.10. The highest BCUT2D eigenvalue weighted by Gasteiger charge is 2.20. The molecule has 0 aromatic carbocycles. The summed E-state index contributed by atoms with van der Waals surface area (Å²) in [6.07, 6.45) is 5.34. The molecule has 14 heavy (non-hydrogen) atoms. The first-order chi connectivity index (χ1) is 6.79. The fourth-order valence-corrected chi connectivity index (χ4v) is 1.78. The van der Waals surface area contributed by atoms with E-state index in [1.54, 1.807) is 6.08 Å². The Balaban J connectivity index is 2.47. The van der Waals surface area contributed by atoms with Gasteiger partial charge in [0.25, 0.3) is 0 Å². The molecule has 1 rings (SSSR count). The fourth-order valence-electron chi connectivity index (χ4n) is 1.78. The Morgan fingerprint density at radius 2 is 2.07 bits per heavy atom. The number of carbonyl (C=O) groups excluding carboxylic acids is 1. The first-order valence-corrected chi connectivity index (χ1v) is 5.44. The van der Waals surface area contributed by atoms with Crippen LogP contribution in [0.15, 0.2) is 12.7 Å². The summed E-state index contributed by atoms with van der Waals surface area (Å²) in [5.41, 5.74) is 0. The molecule has 0 spiro atoms. The number of likely N-dealkylation sites (N-methyl/N-ethyl adjacent to an activating group) is 1. The van der Waals surface area contributed by atoms with Crippen molar-refractivity contribution < 1.29 is 4.79 Å². The summed E-state index contributed by atoms with van der Waals surface area (Å²) in [5, 5.41) is 0. The average Bonchev–Trinajstić information content (AvgIpc) is 2.26. The van der Waals surface area contributed by atoms with Crippen LogP contribution in [0.3, 0.4) is 0 Å². The predicted octanol–water partition coefficient (Wildman–Crippen LogP) is 2.10. The molecule has 0 aliphatic carbocycles. The summed E-state index contributed by atoms with van der Waals surface area (Å²) in [7, 11) is 0. The Morgan fingerprint density at radius 3 is 2.57 bits per heavy atom. The van der Waals surface area contributed by atoms with Crippen LogP contribution in [0.25, 0.3) is 0 Å². The van der Waals surface area contributed by atoms with Gasteiger partial charge >= 0.3 is 6.03 Å². The summed E-state index contributed by atoms with van der Waals surface area (Å²) < 4.78 is 0. The van der Waals surface area contributed by atoms with Crippen molar-refractivity contribution in [3.63, 3.8) is 0 Å². The molecule has 1 fully saturated rings. The van der Waals surface area contributed by atoms with Gasteiger partial charge in [-0.15, -0.1) is 6.58 Å². The molecule has 0 unspecified atom stereocenters. The normalized spacial score (nSPS) is 16.5. The lowest BCUT2D eigenvalue weighted by molar-refractivity contribution is 0.150. The van der Waals surface area contributed by atoms with Gasteiger partial charge in [0.15, 0.2) is 0 Å². The predicted molar refractivity (Wildman–Crippen MR) is 58.3 cm³/mol. The summed E-state index contributed by atoms with van der Waals surface area (Å²) >= 11 is 0. The smallest absolute Gasteiger partial charge is 0.320 e. The number of urea groups is 1. The van der Waals surface area contributed by atoms with Gasteiger partial charge in [-0.1, -0.05) is 6.08 Å². The van der Waals surface area contributed by atoms with Crippen LogP contribution < -0.4 is 0 Å². The molecular formula is C11H20N2O. The maximum atomic E-state index is 11.9.